The molecule has 8 aromatic carbocycles. The number of para-hydroxylation sites is 1. The van der Waals surface area contributed by atoms with E-state index in [9.17, 15) is 0 Å². The molecule has 1 aliphatic carbocycles. The zero-order chi connectivity index (χ0) is 31.3. The summed E-state index contributed by atoms with van der Waals surface area (Å²) in [5.74, 6) is 0. The summed E-state index contributed by atoms with van der Waals surface area (Å²) >= 11 is 1.90. The first kappa shape index (κ1) is 26.7. The molecule has 0 saturated carbocycles. The molecule has 222 valence electrons. The Kier molecular flexibility index (Phi) is 5.57. The number of benzene rings is 8. The standard InChI is InChI=1S/C45H31NS/c1-45(2)39-16-8-6-13-33(39)36-15-10-17-40(43(36)45)46(30-11-4-3-5-12-30)31-22-24-32-29(27-31)20-19-28-21-23-38-35(42(28)32)25-26-37-34-14-7-9-18-41(34)47-44(37)38/h3-27H,1-2H3. The van der Waals surface area contributed by atoms with Gasteiger partial charge in [0, 0.05) is 42.3 Å². The summed E-state index contributed by atoms with van der Waals surface area (Å²) in [5, 5.41) is 10.5. The smallest absolute Gasteiger partial charge is 0.0508 e. The molecular formula is C45H31NS. The molecule has 0 amide bonds. The first-order valence-corrected chi connectivity index (χ1v) is 17.2. The van der Waals surface area contributed by atoms with E-state index in [-0.39, 0.29) is 5.41 Å². The summed E-state index contributed by atoms with van der Waals surface area (Å²) in [6.45, 7) is 4.74. The molecule has 1 aliphatic rings. The quantitative estimate of drug-likeness (QED) is 0.178. The van der Waals surface area contributed by atoms with Gasteiger partial charge in [-0.05, 0) is 85.6 Å². The van der Waals surface area contributed by atoms with Gasteiger partial charge < -0.3 is 4.90 Å². The average molecular weight is 618 g/mol. The number of anilines is 3. The van der Waals surface area contributed by atoms with Crippen molar-refractivity contribution in [2.45, 2.75) is 19.3 Å². The maximum atomic E-state index is 2.46. The summed E-state index contributed by atoms with van der Waals surface area (Å²) in [5.41, 5.74) is 8.86. The second-order valence-corrected chi connectivity index (χ2v) is 14.4. The fraction of sp³-hybridized carbons (Fsp3) is 0.0667. The van der Waals surface area contributed by atoms with Gasteiger partial charge in [0.25, 0.3) is 0 Å². The lowest BCUT2D eigenvalue weighted by Gasteiger charge is -2.32. The fourth-order valence-electron chi connectivity index (χ4n) is 8.29. The van der Waals surface area contributed by atoms with Crippen LogP contribution in [0.2, 0.25) is 0 Å². The highest BCUT2D eigenvalue weighted by atomic mass is 32.1. The van der Waals surface area contributed by atoms with Gasteiger partial charge in [0.05, 0.1) is 5.69 Å². The van der Waals surface area contributed by atoms with Crippen molar-refractivity contribution in [1.29, 1.82) is 0 Å². The maximum absolute atomic E-state index is 2.46. The third-order valence-electron chi connectivity index (χ3n) is 10.4. The number of thiophene rings is 1. The zero-order valence-corrected chi connectivity index (χ0v) is 27.1. The first-order chi connectivity index (χ1) is 23.1. The van der Waals surface area contributed by atoms with Crippen LogP contribution in [0.1, 0.15) is 25.0 Å². The molecule has 0 unspecified atom stereocenters. The molecule has 1 heterocycles. The van der Waals surface area contributed by atoms with Crippen LogP contribution >= 0.6 is 11.3 Å². The molecule has 0 saturated heterocycles. The van der Waals surface area contributed by atoms with Crippen molar-refractivity contribution >= 4 is 80.9 Å². The van der Waals surface area contributed by atoms with Crippen LogP contribution in [0.25, 0.3) is 63.6 Å². The van der Waals surface area contributed by atoms with Crippen LogP contribution < -0.4 is 4.90 Å². The van der Waals surface area contributed by atoms with E-state index in [2.05, 4.69) is 170 Å². The van der Waals surface area contributed by atoms with Gasteiger partial charge in [-0.2, -0.15) is 0 Å². The second kappa shape index (κ2) is 9.78. The minimum Gasteiger partial charge on any atom is -0.310 e. The summed E-state index contributed by atoms with van der Waals surface area (Å²) < 4.78 is 2.72. The van der Waals surface area contributed by atoms with Crippen molar-refractivity contribution < 1.29 is 0 Å². The molecule has 0 spiro atoms. The minimum atomic E-state index is -0.126. The Morgan fingerprint density at radius 2 is 1.17 bits per heavy atom. The molecular weight excluding hydrogens is 587 g/mol. The van der Waals surface area contributed by atoms with Gasteiger partial charge in [0.1, 0.15) is 0 Å². The van der Waals surface area contributed by atoms with Crippen LogP contribution in [-0.2, 0) is 5.41 Å². The Morgan fingerprint density at radius 1 is 0.489 bits per heavy atom. The number of rotatable bonds is 3. The van der Waals surface area contributed by atoms with E-state index >= 15 is 0 Å². The van der Waals surface area contributed by atoms with Crippen molar-refractivity contribution in [3.63, 3.8) is 0 Å². The Labute approximate surface area is 278 Å². The third kappa shape index (κ3) is 3.77. The maximum Gasteiger partial charge on any atom is 0.0508 e. The summed E-state index contributed by atoms with van der Waals surface area (Å²) in [4.78, 5) is 2.46. The van der Waals surface area contributed by atoms with Gasteiger partial charge in [-0.3, -0.25) is 0 Å². The monoisotopic (exact) mass is 617 g/mol. The lowest BCUT2D eigenvalue weighted by molar-refractivity contribution is 0.661. The summed E-state index contributed by atoms with van der Waals surface area (Å²) in [6, 6.07) is 56.3. The zero-order valence-electron chi connectivity index (χ0n) is 26.3. The highest BCUT2D eigenvalue weighted by Crippen LogP contribution is 2.54. The Hall–Kier alpha value is -5.44. The highest BCUT2D eigenvalue weighted by molar-refractivity contribution is 7.26. The molecule has 0 N–H and O–H groups in total. The first-order valence-electron chi connectivity index (χ1n) is 16.4. The predicted octanol–water partition coefficient (Wildman–Crippen LogP) is 13.3. The number of nitrogens with zero attached hydrogens (tertiary/aromatic N) is 1. The third-order valence-corrected chi connectivity index (χ3v) is 11.6. The van der Waals surface area contributed by atoms with E-state index in [0.29, 0.717) is 0 Å². The largest absolute Gasteiger partial charge is 0.310 e. The topological polar surface area (TPSA) is 3.24 Å². The van der Waals surface area contributed by atoms with Crippen molar-refractivity contribution in [1.82, 2.24) is 0 Å². The van der Waals surface area contributed by atoms with Gasteiger partial charge in [-0.1, -0.05) is 129 Å². The van der Waals surface area contributed by atoms with Crippen LogP contribution in [0, 0.1) is 0 Å². The van der Waals surface area contributed by atoms with Gasteiger partial charge in [0.15, 0.2) is 0 Å². The van der Waals surface area contributed by atoms with Crippen LogP contribution in [0.4, 0.5) is 17.1 Å². The van der Waals surface area contributed by atoms with E-state index in [0.717, 1.165) is 11.4 Å². The lowest BCUT2D eigenvalue weighted by Crippen LogP contribution is -2.20. The fourth-order valence-corrected chi connectivity index (χ4v) is 9.52. The van der Waals surface area contributed by atoms with E-state index in [1.807, 2.05) is 11.3 Å². The molecule has 1 aromatic heterocycles. The van der Waals surface area contributed by atoms with E-state index in [1.165, 1.54) is 80.4 Å². The molecule has 0 atom stereocenters. The van der Waals surface area contributed by atoms with Crippen LogP contribution in [-0.4, -0.2) is 0 Å². The highest BCUT2D eigenvalue weighted by Gasteiger charge is 2.38. The molecule has 0 bridgehead atoms. The Bertz CT molecular complexity index is 2720. The SMILES string of the molecule is CC1(C)c2ccccc2-c2cccc(N(c3ccccc3)c3ccc4c(ccc5ccc6c(ccc7c8ccccc8sc76)c54)c3)c21. The minimum absolute atomic E-state index is 0.126. The lowest BCUT2D eigenvalue weighted by atomic mass is 9.81. The molecule has 2 heteroatoms. The van der Waals surface area contributed by atoms with Crippen LogP contribution in [0.5, 0.6) is 0 Å². The Morgan fingerprint density at radius 3 is 2.09 bits per heavy atom. The van der Waals surface area contributed by atoms with Crippen molar-refractivity contribution in [3.05, 3.63) is 163 Å². The average Bonchev–Trinajstić information content (AvgIpc) is 3.61. The van der Waals surface area contributed by atoms with Gasteiger partial charge in [-0.15, -0.1) is 11.3 Å². The van der Waals surface area contributed by atoms with Crippen molar-refractivity contribution in [3.8, 4) is 11.1 Å². The summed E-state index contributed by atoms with van der Waals surface area (Å²) in [7, 11) is 0. The molecule has 0 fully saturated rings. The molecule has 9 aromatic rings. The van der Waals surface area contributed by atoms with E-state index in [4.69, 9.17) is 0 Å². The number of hydrogen-bond donors (Lipinski definition) is 0. The van der Waals surface area contributed by atoms with Gasteiger partial charge in [0.2, 0.25) is 0 Å². The molecule has 0 radical (unpaired) electrons. The van der Waals surface area contributed by atoms with Crippen LogP contribution in [0.15, 0.2) is 152 Å². The van der Waals surface area contributed by atoms with Gasteiger partial charge in [-0.25, -0.2) is 0 Å². The normalized spacial score (nSPS) is 13.5. The second-order valence-electron chi connectivity index (χ2n) is 13.3. The molecule has 47 heavy (non-hydrogen) atoms. The molecule has 10 rings (SSSR count). The molecule has 0 aliphatic heterocycles. The molecule has 1 nitrogen and oxygen atoms in total. The number of hydrogen-bond acceptors (Lipinski definition) is 2. The van der Waals surface area contributed by atoms with Crippen LogP contribution in [0.3, 0.4) is 0 Å². The van der Waals surface area contributed by atoms with Gasteiger partial charge >= 0.3 is 0 Å². The number of fused-ring (bicyclic) bond motifs is 12. The predicted molar refractivity (Wildman–Crippen MR) is 204 cm³/mol. The van der Waals surface area contributed by atoms with E-state index in [1.54, 1.807) is 0 Å². The Balaban J connectivity index is 1.21. The summed E-state index contributed by atoms with van der Waals surface area (Å²) in [6.07, 6.45) is 0. The van der Waals surface area contributed by atoms with E-state index < -0.39 is 0 Å². The van der Waals surface area contributed by atoms with Crippen molar-refractivity contribution in [2.75, 3.05) is 4.90 Å². The van der Waals surface area contributed by atoms with Crippen molar-refractivity contribution in [2.24, 2.45) is 0 Å².